The highest BCUT2D eigenvalue weighted by Crippen LogP contribution is 2.13. The predicted molar refractivity (Wildman–Crippen MR) is 83.1 cm³/mol. The van der Waals surface area contributed by atoms with Gasteiger partial charge < -0.3 is 5.32 Å². The van der Waals surface area contributed by atoms with Crippen LogP contribution in [0.1, 0.15) is 25.8 Å². The molecule has 0 aliphatic carbocycles. The molecule has 0 unspecified atom stereocenters. The third kappa shape index (κ3) is 4.49. The topological polar surface area (TPSA) is 24.9 Å². The molecule has 1 aromatic carbocycles. The van der Waals surface area contributed by atoms with Crippen molar-refractivity contribution in [2.75, 3.05) is 13.1 Å². The number of fused-ring (bicyclic) bond motifs is 1. The number of hydrogen-bond acceptors (Lipinski definition) is 2. The van der Waals surface area contributed by atoms with E-state index in [-0.39, 0.29) is 0 Å². The number of nitrogens with zero attached hydrogens (tertiary/aromatic N) is 1. The first-order chi connectivity index (χ1) is 9.25. The van der Waals surface area contributed by atoms with E-state index in [1.54, 1.807) is 0 Å². The van der Waals surface area contributed by atoms with Crippen molar-refractivity contribution < 1.29 is 0 Å². The van der Waals surface area contributed by atoms with Gasteiger partial charge >= 0.3 is 0 Å². The number of aromatic nitrogens is 1. The molecule has 0 atom stereocenters. The second-order valence-corrected chi connectivity index (χ2v) is 5.25. The monoisotopic (exact) mass is 254 g/mol. The van der Waals surface area contributed by atoms with Crippen LogP contribution in [-0.4, -0.2) is 18.1 Å². The van der Waals surface area contributed by atoms with Crippen molar-refractivity contribution in [2.45, 2.75) is 20.3 Å². The van der Waals surface area contributed by atoms with E-state index in [1.807, 2.05) is 24.4 Å². The molecule has 2 aromatic rings. The zero-order chi connectivity index (χ0) is 13.5. The molecule has 0 aliphatic heterocycles. The van der Waals surface area contributed by atoms with Gasteiger partial charge in [-0.25, -0.2) is 0 Å². The average molecular weight is 254 g/mol. The summed E-state index contributed by atoms with van der Waals surface area (Å²) in [6.07, 6.45) is 7.34. The molecule has 0 bridgehead atoms. The van der Waals surface area contributed by atoms with Crippen molar-refractivity contribution >= 4 is 17.0 Å². The van der Waals surface area contributed by atoms with Crippen LogP contribution in [-0.2, 0) is 0 Å². The molecule has 0 spiro atoms. The fraction of sp³-hybridized carbons (Fsp3) is 0.353. The lowest BCUT2D eigenvalue weighted by molar-refractivity contribution is 0.557. The number of para-hydroxylation sites is 1. The third-order valence-electron chi connectivity index (χ3n) is 2.96. The van der Waals surface area contributed by atoms with Gasteiger partial charge in [0.2, 0.25) is 0 Å². The van der Waals surface area contributed by atoms with Crippen molar-refractivity contribution in [3.8, 4) is 0 Å². The van der Waals surface area contributed by atoms with Crippen LogP contribution in [0, 0.1) is 5.92 Å². The first kappa shape index (κ1) is 13.8. The summed E-state index contributed by atoms with van der Waals surface area (Å²) in [5.74, 6) is 0.716. The van der Waals surface area contributed by atoms with Crippen LogP contribution in [0.3, 0.4) is 0 Å². The van der Waals surface area contributed by atoms with Crippen molar-refractivity contribution in [3.05, 3.63) is 48.2 Å². The summed E-state index contributed by atoms with van der Waals surface area (Å²) in [5, 5.41) is 4.63. The molecule has 1 N–H and O–H groups in total. The highest BCUT2D eigenvalue weighted by molar-refractivity contribution is 5.80. The number of benzene rings is 1. The molecule has 0 aliphatic rings. The van der Waals surface area contributed by atoms with Crippen LogP contribution in [0.25, 0.3) is 17.0 Å². The van der Waals surface area contributed by atoms with Gasteiger partial charge in [0.15, 0.2) is 0 Å². The Labute approximate surface area is 115 Å². The van der Waals surface area contributed by atoms with Crippen LogP contribution in [0.15, 0.2) is 42.6 Å². The quantitative estimate of drug-likeness (QED) is 0.791. The molecule has 2 nitrogen and oxygen atoms in total. The van der Waals surface area contributed by atoms with E-state index in [0.29, 0.717) is 5.92 Å². The van der Waals surface area contributed by atoms with E-state index in [0.717, 1.165) is 25.0 Å². The minimum absolute atomic E-state index is 0.716. The zero-order valence-corrected chi connectivity index (χ0v) is 11.8. The predicted octanol–water partition coefficient (Wildman–Crippen LogP) is 3.88. The van der Waals surface area contributed by atoms with Gasteiger partial charge in [0.1, 0.15) is 0 Å². The lowest BCUT2D eigenvalue weighted by Crippen LogP contribution is -2.20. The Bertz CT molecular complexity index is 544. The second kappa shape index (κ2) is 7.05. The van der Waals surface area contributed by atoms with E-state index < -0.39 is 0 Å². The molecular weight excluding hydrogens is 232 g/mol. The lowest BCUT2D eigenvalue weighted by atomic mass is 10.1. The number of rotatable bonds is 6. The van der Waals surface area contributed by atoms with Crippen LogP contribution in [0.5, 0.6) is 0 Å². The maximum absolute atomic E-state index is 4.45. The van der Waals surface area contributed by atoms with Crippen LogP contribution in [0.4, 0.5) is 0 Å². The lowest BCUT2D eigenvalue weighted by Gasteiger charge is -2.04. The Morgan fingerprint density at radius 1 is 1.26 bits per heavy atom. The molecule has 0 fully saturated rings. The molecule has 1 aromatic heterocycles. The van der Waals surface area contributed by atoms with Gasteiger partial charge in [-0.15, -0.1) is 0 Å². The standard InChI is InChI=1S/C17H22N2/c1-14(2)12-18-10-6-5-7-15-11-16-8-3-4-9-17(16)19-13-15/h3-5,7-9,11,13-14,18H,6,10,12H2,1-2H3. The van der Waals surface area contributed by atoms with Gasteiger partial charge in [-0.1, -0.05) is 44.2 Å². The first-order valence-electron chi connectivity index (χ1n) is 6.98. The van der Waals surface area contributed by atoms with E-state index in [1.165, 1.54) is 10.9 Å². The Hall–Kier alpha value is -1.67. The summed E-state index contributed by atoms with van der Waals surface area (Å²) in [7, 11) is 0. The van der Waals surface area contributed by atoms with E-state index >= 15 is 0 Å². The van der Waals surface area contributed by atoms with Crippen LogP contribution < -0.4 is 5.32 Å². The highest BCUT2D eigenvalue weighted by atomic mass is 14.8. The smallest absolute Gasteiger partial charge is 0.0702 e. The second-order valence-electron chi connectivity index (χ2n) is 5.25. The maximum Gasteiger partial charge on any atom is 0.0702 e. The van der Waals surface area contributed by atoms with Crippen molar-refractivity contribution in [2.24, 2.45) is 5.92 Å². The van der Waals surface area contributed by atoms with Crippen molar-refractivity contribution in [1.82, 2.24) is 10.3 Å². The van der Waals surface area contributed by atoms with Crippen LogP contribution in [0.2, 0.25) is 0 Å². The van der Waals surface area contributed by atoms with Gasteiger partial charge in [-0.05, 0) is 43.1 Å². The summed E-state index contributed by atoms with van der Waals surface area (Å²) in [6, 6.07) is 10.4. The van der Waals surface area contributed by atoms with Crippen molar-refractivity contribution in [3.63, 3.8) is 0 Å². The van der Waals surface area contributed by atoms with E-state index in [9.17, 15) is 0 Å². The number of hydrogen-bond donors (Lipinski definition) is 1. The molecule has 1 heterocycles. The molecule has 0 amide bonds. The molecule has 0 saturated carbocycles. The number of pyridine rings is 1. The van der Waals surface area contributed by atoms with Gasteiger partial charge in [0, 0.05) is 11.6 Å². The minimum Gasteiger partial charge on any atom is -0.316 e. The molecule has 0 radical (unpaired) electrons. The third-order valence-corrected chi connectivity index (χ3v) is 2.96. The molecule has 100 valence electrons. The Morgan fingerprint density at radius 3 is 2.95 bits per heavy atom. The Balaban J connectivity index is 1.87. The number of nitrogens with one attached hydrogen (secondary N) is 1. The minimum atomic E-state index is 0.716. The van der Waals surface area contributed by atoms with E-state index in [2.05, 4.69) is 48.4 Å². The average Bonchev–Trinajstić information content (AvgIpc) is 2.42. The Kier molecular flexibility index (Phi) is 5.10. The molecule has 2 rings (SSSR count). The normalized spacial score (nSPS) is 11.7. The van der Waals surface area contributed by atoms with Gasteiger partial charge in [-0.3, -0.25) is 4.98 Å². The van der Waals surface area contributed by atoms with Gasteiger partial charge in [0.05, 0.1) is 5.52 Å². The van der Waals surface area contributed by atoms with Gasteiger partial charge in [-0.2, -0.15) is 0 Å². The van der Waals surface area contributed by atoms with Gasteiger partial charge in [0.25, 0.3) is 0 Å². The maximum atomic E-state index is 4.45. The fourth-order valence-corrected chi connectivity index (χ4v) is 1.97. The summed E-state index contributed by atoms with van der Waals surface area (Å²) < 4.78 is 0. The summed E-state index contributed by atoms with van der Waals surface area (Å²) in [5.41, 5.74) is 2.22. The van der Waals surface area contributed by atoms with E-state index in [4.69, 9.17) is 0 Å². The molecule has 0 saturated heterocycles. The highest BCUT2D eigenvalue weighted by Gasteiger charge is 1.94. The largest absolute Gasteiger partial charge is 0.316 e. The molecule has 19 heavy (non-hydrogen) atoms. The summed E-state index contributed by atoms with van der Waals surface area (Å²) in [4.78, 5) is 4.45. The van der Waals surface area contributed by atoms with Crippen LogP contribution >= 0.6 is 0 Å². The molecular formula is C17H22N2. The fourth-order valence-electron chi connectivity index (χ4n) is 1.97. The zero-order valence-electron chi connectivity index (χ0n) is 11.8. The SMILES string of the molecule is CC(C)CNCCC=Cc1cnc2ccccc2c1. The summed E-state index contributed by atoms with van der Waals surface area (Å²) >= 11 is 0. The Morgan fingerprint density at radius 2 is 2.11 bits per heavy atom. The summed E-state index contributed by atoms with van der Waals surface area (Å²) in [6.45, 7) is 6.58. The first-order valence-corrected chi connectivity index (χ1v) is 6.98. The molecule has 2 heteroatoms. The van der Waals surface area contributed by atoms with Crippen molar-refractivity contribution in [1.29, 1.82) is 0 Å².